The minimum Gasteiger partial charge on any atom is -0.477 e. The average Bonchev–Trinajstić information content (AvgIpc) is 3.15. The first kappa shape index (κ1) is 24.3. The largest absolute Gasteiger partial charge is 0.477 e. The quantitative estimate of drug-likeness (QED) is 0.601. The molecule has 1 aromatic heterocycles. The number of hydrogen-bond acceptors (Lipinski definition) is 4. The Morgan fingerprint density at radius 3 is 2.06 bits per heavy atom. The Kier molecular flexibility index (Phi) is 6.72. The van der Waals surface area contributed by atoms with Crippen molar-refractivity contribution in [1.82, 2.24) is 0 Å². The first-order valence-corrected chi connectivity index (χ1v) is 11.2. The number of aromatic carboxylic acids is 1. The standard InChI is InChI=1S/C23H26F3NO4S/c1-22(2,3)18-12-17(19(32-18)21(30)31)27(15-8-10-16(28)11-9-15)20(29)13-4-6-14(7-5-13)23(24,25)26/h4-7,12,15-16,28H,8-11H2,1-3H3,(H,30,31). The Bertz CT molecular complexity index is 984. The Hall–Kier alpha value is -2.39. The summed E-state index contributed by atoms with van der Waals surface area (Å²) in [5.74, 6) is -1.72. The zero-order valence-electron chi connectivity index (χ0n) is 18.1. The monoisotopic (exact) mass is 469 g/mol. The van der Waals surface area contributed by atoms with Gasteiger partial charge in [-0.25, -0.2) is 4.79 Å². The van der Waals surface area contributed by atoms with Crippen LogP contribution in [0.15, 0.2) is 30.3 Å². The number of alkyl halides is 3. The van der Waals surface area contributed by atoms with E-state index >= 15 is 0 Å². The summed E-state index contributed by atoms with van der Waals surface area (Å²) in [4.78, 5) is 27.7. The van der Waals surface area contributed by atoms with Gasteiger partial charge in [0.15, 0.2) is 0 Å². The maximum absolute atomic E-state index is 13.5. The summed E-state index contributed by atoms with van der Waals surface area (Å²) in [5, 5.41) is 19.7. The molecule has 0 unspecified atom stereocenters. The number of halogens is 3. The van der Waals surface area contributed by atoms with E-state index in [0.717, 1.165) is 40.5 Å². The molecule has 1 aliphatic rings. The van der Waals surface area contributed by atoms with Gasteiger partial charge in [-0.2, -0.15) is 13.2 Å². The van der Waals surface area contributed by atoms with Gasteiger partial charge >= 0.3 is 12.1 Å². The van der Waals surface area contributed by atoms with Crippen molar-refractivity contribution in [3.05, 3.63) is 51.2 Å². The summed E-state index contributed by atoms with van der Waals surface area (Å²) in [6, 6.07) is 5.26. The summed E-state index contributed by atoms with van der Waals surface area (Å²) in [7, 11) is 0. The second-order valence-corrected chi connectivity index (χ2v) is 10.1. The number of amides is 1. The van der Waals surface area contributed by atoms with E-state index in [1.165, 1.54) is 4.90 Å². The lowest BCUT2D eigenvalue weighted by Crippen LogP contribution is -2.43. The van der Waals surface area contributed by atoms with Crippen molar-refractivity contribution in [3.8, 4) is 0 Å². The van der Waals surface area contributed by atoms with Gasteiger partial charge in [0.05, 0.1) is 17.4 Å². The van der Waals surface area contributed by atoms with E-state index < -0.39 is 29.7 Å². The van der Waals surface area contributed by atoms with Gasteiger partial charge in [-0.15, -0.1) is 11.3 Å². The Labute approximate surface area is 188 Å². The van der Waals surface area contributed by atoms with Gasteiger partial charge in [0.1, 0.15) is 4.88 Å². The van der Waals surface area contributed by atoms with E-state index in [1.807, 2.05) is 20.8 Å². The zero-order valence-corrected chi connectivity index (χ0v) is 18.9. The molecule has 0 bridgehead atoms. The number of anilines is 1. The van der Waals surface area contributed by atoms with Gasteiger partial charge in [0.25, 0.3) is 5.91 Å². The molecule has 1 amide bonds. The van der Waals surface area contributed by atoms with Crippen LogP contribution in [0, 0.1) is 0 Å². The van der Waals surface area contributed by atoms with Crippen LogP contribution in [-0.4, -0.2) is 34.2 Å². The van der Waals surface area contributed by atoms with Crippen LogP contribution in [0.3, 0.4) is 0 Å². The van der Waals surface area contributed by atoms with Crippen LogP contribution in [0.5, 0.6) is 0 Å². The lowest BCUT2D eigenvalue weighted by Gasteiger charge is -2.36. The van der Waals surface area contributed by atoms with Crippen LogP contribution in [0.2, 0.25) is 0 Å². The molecule has 0 saturated heterocycles. The van der Waals surface area contributed by atoms with E-state index in [4.69, 9.17) is 0 Å². The van der Waals surface area contributed by atoms with E-state index in [1.54, 1.807) is 6.07 Å². The summed E-state index contributed by atoms with van der Waals surface area (Å²) < 4.78 is 38.8. The molecule has 3 rings (SSSR count). The number of nitrogens with zero attached hydrogens (tertiary/aromatic N) is 1. The molecule has 174 valence electrons. The van der Waals surface area contributed by atoms with Crippen molar-refractivity contribution < 1.29 is 33.0 Å². The number of aliphatic hydroxyl groups is 1. The van der Waals surface area contributed by atoms with Crippen LogP contribution in [0.1, 0.15) is 76.9 Å². The molecular formula is C23H26F3NO4S. The van der Waals surface area contributed by atoms with E-state index in [-0.39, 0.29) is 27.6 Å². The Morgan fingerprint density at radius 1 is 1.03 bits per heavy atom. The van der Waals surface area contributed by atoms with E-state index in [9.17, 15) is 33.0 Å². The van der Waals surface area contributed by atoms with Gasteiger partial charge < -0.3 is 15.1 Å². The molecular weight excluding hydrogens is 443 g/mol. The minimum absolute atomic E-state index is 0.0151. The van der Waals surface area contributed by atoms with Crippen LogP contribution in [0.4, 0.5) is 18.9 Å². The fourth-order valence-corrected chi connectivity index (χ4v) is 4.86. The molecule has 0 radical (unpaired) electrons. The molecule has 2 aromatic rings. The molecule has 9 heteroatoms. The molecule has 1 aromatic carbocycles. The molecule has 1 heterocycles. The van der Waals surface area contributed by atoms with E-state index in [0.29, 0.717) is 25.7 Å². The van der Waals surface area contributed by atoms with Gasteiger partial charge in [-0.3, -0.25) is 4.79 Å². The van der Waals surface area contributed by atoms with Crippen molar-refractivity contribution in [2.24, 2.45) is 0 Å². The highest BCUT2D eigenvalue weighted by molar-refractivity contribution is 7.14. The fraction of sp³-hybridized carbons (Fsp3) is 0.478. The lowest BCUT2D eigenvalue weighted by molar-refractivity contribution is -0.137. The third kappa shape index (κ3) is 5.15. The molecule has 1 aliphatic carbocycles. The lowest BCUT2D eigenvalue weighted by atomic mass is 9.90. The smallest absolute Gasteiger partial charge is 0.416 e. The number of carbonyl (C=O) groups excluding carboxylic acids is 1. The van der Waals surface area contributed by atoms with Crippen molar-refractivity contribution in [3.63, 3.8) is 0 Å². The first-order chi connectivity index (χ1) is 14.8. The van der Waals surface area contributed by atoms with Gasteiger partial charge in [-0.05, 0) is 61.4 Å². The van der Waals surface area contributed by atoms with E-state index in [2.05, 4.69) is 0 Å². The predicted octanol–water partition coefficient (Wildman–Crippen LogP) is 5.71. The topological polar surface area (TPSA) is 77.8 Å². The van der Waals surface area contributed by atoms with Crippen LogP contribution < -0.4 is 4.90 Å². The number of aliphatic hydroxyl groups excluding tert-OH is 1. The molecule has 2 N–H and O–H groups in total. The normalized spacial score (nSPS) is 19.6. The van der Waals surface area contributed by atoms with Crippen LogP contribution >= 0.6 is 11.3 Å². The Morgan fingerprint density at radius 2 is 1.59 bits per heavy atom. The van der Waals surface area contributed by atoms with Gasteiger partial charge in [0.2, 0.25) is 0 Å². The zero-order chi connectivity index (χ0) is 23.8. The SMILES string of the molecule is CC(C)(C)c1cc(N(C(=O)c2ccc(C(F)(F)F)cc2)C2CCC(O)CC2)c(C(=O)O)s1. The summed E-state index contributed by atoms with van der Waals surface area (Å²) in [5.41, 5.74) is -0.917. The maximum atomic E-state index is 13.5. The molecule has 0 aliphatic heterocycles. The summed E-state index contributed by atoms with van der Waals surface area (Å²) >= 11 is 1.09. The maximum Gasteiger partial charge on any atom is 0.416 e. The highest BCUT2D eigenvalue weighted by Gasteiger charge is 2.36. The van der Waals surface area contributed by atoms with Gasteiger partial charge in [0, 0.05) is 16.5 Å². The number of rotatable bonds is 4. The highest BCUT2D eigenvalue weighted by atomic mass is 32.1. The number of carbonyl (C=O) groups is 2. The molecule has 1 saturated carbocycles. The van der Waals surface area contributed by atoms with Crippen LogP contribution in [0.25, 0.3) is 0 Å². The van der Waals surface area contributed by atoms with Crippen molar-refractivity contribution in [2.75, 3.05) is 4.90 Å². The number of carboxylic acids is 1. The first-order valence-electron chi connectivity index (χ1n) is 10.4. The molecule has 1 fully saturated rings. The Balaban J connectivity index is 2.08. The molecule has 32 heavy (non-hydrogen) atoms. The van der Waals surface area contributed by atoms with Crippen molar-refractivity contribution in [1.29, 1.82) is 0 Å². The fourth-order valence-electron chi connectivity index (χ4n) is 3.81. The average molecular weight is 470 g/mol. The van der Waals surface area contributed by atoms with Crippen molar-refractivity contribution in [2.45, 2.75) is 70.2 Å². The summed E-state index contributed by atoms with van der Waals surface area (Å²) in [6.07, 6.45) is -3.16. The highest BCUT2D eigenvalue weighted by Crippen LogP contribution is 2.40. The second-order valence-electron chi connectivity index (χ2n) is 9.09. The molecule has 0 atom stereocenters. The predicted molar refractivity (Wildman–Crippen MR) is 116 cm³/mol. The molecule has 5 nitrogen and oxygen atoms in total. The number of benzene rings is 1. The third-order valence-electron chi connectivity index (χ3n) is 5.61. The second kappa shape index (κ2) is 8.86. The summed E-state index contributed by atoms with van der Waals surface area (Å²) in [6.45, 7) is 5.81. The van der Waals surface area contributed by atoms with Crippen LogP contribution in [-0.2, 0) is 11.6 Å². The molecule has 0 spiro atoms. The number of thiophene rings is 1. The van der Waals surface area contributed by atoms with Gasteiger partial charge in [-0.1, -0.05) is 20.8 Å². The number of carboxylic acid groups (broad SMARTS) is 1. The van der Waals surface area contributed by atoms with Crippen molar-refractivity contribution >= 4 is 28.9 Å². The minimum atomic E-state index is -4.52. The number of hydrogen-bond donors (Lipinski definition) is 2. The third-order valence-corrected chi connectivity index (χ3v) is 7.15.